The molecule has 0 N–H and O–H groups in total. The number of hydrogen-bond acceptors (Lipinski definition) is 2. The first-order chi connectivity index (χ1) is 45.3. The molecule has 0 unspecified atom stereocenters. The number of nitrogens with zero attached hydrogens (tertiary/aromatic N) is 4. The standard InChI is InChI=1S/C84H76N4.F3P.Ru/c1-9-45-25-37(1)53-33-54-38-2-10-46(26-38)70(54)81(69(45)53)77-61-17-19-63(85-61)78(82-71-47-11-3-39(27-47)55(71)34-56-40-4-12-48(28-40)72(56)82)65-21-23-67(87-65)80(84-75-51-15-7-43(31-51)59(75)36-60-44-8-16-52(32-44)76(60)84)68-24-22-66(88-68)79(64-20-18-62(77)86-64)83-73-49-13-5-41(29-49)57(73)35-58-42-6-14-50(30-42)74(58)83;1-4(2)3;/h17-24,33-52H,1-16,25-32H2;;/q-2;;+2/t37-,38-,39-,40-,41-,42-,43-,44-,45+,46+,47+,48+,49+,50+,51+,52+;;/m1../s1. The Kier molecular flexibility index (Phi) is 11.2. The summed E-state index contributed by atoms with van der Waals surface area (Å²) in [4.78, 5) is 25.4. The molecule has 7 aromatic rings. The molecule has 0 amide bonds. The molecule has 93 heavy (non-hydrogen) atoms. The molecule has 4 nitrogen and oxygen atoms in total. The maximum atomic E-state index is 9.73. The zero-order valence-corrected chi connectivity index (χ0v) is 55.5. The zero-order valence-electron chi connectivity index (χ0n) is 52.9. The molecule has 3 aromatic heterocycles. The van der Waals surface area contributed by atoms with Crippen LogP contribution in [-0.4, -0.2) is 9.97 Å². The van der Waals surface area contributed by atoms with E-state index in [-0.39, 0.29) is 19.5 Å². The zero-order chi connectivity index (χ0) is 59.6. The number of halogens is 3. The summed E-state index contributed by atoms with van der Waals surface area (Å²) in [5.41, 5.74) is 47.9. The third-order valence-corrected chi connectivity index (χ3v) is 29.7. The number of aromatic nitrogens is 4. The van der Waals surface area contributed by atoms with E-state index in [0.717, 1.165) is 44.8 Å². The van der Waals surface area contributed by atoms with Crippen LogP contribution in [0, 0.1) is 0 Å². The summed E-state index contributed by atoms with van der Waals surface area (Å²) in [7, 11) is -4.12. The van der Waals surface area contributed by atoms with Crippen LogP contribution >= 0.6 is 8.85 Å². The van der Waals surface area contributed by atoms with Gasteiger partial charge < -0.3 is 9.97 Å². The molecular formula is C84H76F3N4PRu. The van der Waals surface area contributed by atoms with Gasteiger partial charge in [0, 0.05) is 0 Å². The molecule has 18 aliphatic rings. The summed E-state index contributed by atoms with van der Waals surface area (Å²) in [5, 5.41) is 0. The molecule has 0 spiro atoms. The number of benzene rings is 4. The van der Waals surface area contributed by atoms with Gasteiger partial charge in [0.25, 0.3) is 0 Å². The van der Waals surface area contributed by atoms with E-state index in [4.69, 9.17) is 19.9 Å². The minimum Gasteiger partial charge on any atom is -0.657 e. The summed E-state index contributed by atoms with van der Waals surface area (Å²) in [6, 6.07) is 21.2. The van der Waals surface area contributed by atoms with Gasteiger partial charge in [0.1, 0.15) is 0 Å². The maximum absolute atomic E-state index is 9.73. The van der Waals surface area contributed by atoms with Crippen LogP contribution < -0.4 is 9.97 Å². The predicted molar refractivity (Wildman–Crippen MR) is 363 cm³/mol. The van der Waals surface area contributed by atoms with E-state index in [1.165, 1.54) is 176 Å². The summed E-state index contributed by atoms with van der Waals surface area (Å²) < 4.78 is 29.2. The fourth-order valence-corrected chi connectivity index (χ4v) is 26.6. The van der Waals surface area contributed by atoms with Gasteiger partial charge in [-0.05, 0) is 407 Å². The molecule has 16 atom stereocenters. The van der Waals surface area contributed by atoms with Gasteiger partial charge in [-0.15, -0.1) is 22.1 Å². The quantitative estimate of drug-likeness (QED) is 0.130. The Hall–Kier alpha value is -5.68. The van der Waals surface area contributed by atoms with Crippen LogP contribution in [0.4, 0.5) is 12.6 Å². The van der Waals surface area contributed by atoms with Crippen molar-refractivity contribution in [1.82, 2.24) is 19.9 Å². The summed E-state index contributed by atoms with van der Waals surface area (Å²) in [5.74, 6) is 10.4. The second-order valence-electron chi connectivity index (χ2n) is 33.2. The third-order valence-electron chi connectivity index (χ3n) is 29.7. The molecule has 5 heterocycles. The van der Waals surface area contributed by atoms with Crippen LogP contribution in [0.5, 0.6) is 0 Å². The Balaban J connectivity index is 0.00000107. The van der Waals surface area contributed by atoms with Crippen molar-refractivity contribution in [3.63, 3.8) is 0 Å². The fourth-order valence-electron chi connectivity index (χ4n) is 26.6. The minimum atomic E-state index is -4.12. The fraction of sp³-hybridized carbons (Fsp3) is 0.476. The Morgan fingerprint density at radius 3 is 0.591 bits per heavy atom. The van der Waals surface area contributed by atoms with Crippen LogP contribution in [-0.2, 0) is 19.5 Å². The van der Waals surface area contributed by atoms with Crippen molar-refractivity contribution < 1.29 is 32.1 Å². The normalized spacial score (nSPS) is 33.1. The summed E-state index contributed by atoms with van der Waals surface area (Å²) in [6.45, 7) is 0. The molecule has 2 aliphatic heterocycles. The van der Waals surface area contributed by atoms with Gasteiger partial charge >= 0.3 is 28.3 Å². The second-order valence-corrected chi connectivity index (χ2v) is 33.6. The molecule has 0 radical (unpaired) electrons. The van der Waals surface area contributed by atoms with E-state index in [9.17, 15) is 12.6 Å². The largest absolute Gasteiger partial charge is 2.00 e. The minimum absolute atomic E-state index is 0. The number of rotatable bonds is 4. The van der Waals surface area contributed by atoms with Crippen LogP contribution in [0.2, 0.25) is 0 Å². The van der Waals surface area contributed by atoms with Crippen molar-refractivity contribution in [1.29, 1.82) is 0 Å². The first-order valence-electron chi connectivity index (χ1n) is 36.9. The Labute approximate surface area is 557 Å². The molecular weight excluding hydrogens is 1250 g/mol. The Morgan fingerprint density at radius 1 is 0.258 bits per heavy atom. The van der Waals surface area contributed by atoms with Gasteiger partial charge in [0.2, 0.25) is 0 Å². The van der Waals surface area contributed by atoms with Crippen molar-refractivity contribution in [3.05, 3.63) is 160 Å². The van der Waals surface area contributed by atoms with Gasteiger partial charge in [0.15, 0.2) is 0 Å². The molecule has 0 saturated heterocycles. The first kappa shape index (κ1) is 54.4. The summed E-state index contributed by atoms with van der Waals surface area (Å²) >= 11 is 0. The topological polar surface area (TPSA) is 54.0 Å². The monoisotopic (exact) mass is 1330 g/mol. The smallest absolute Gasteiger partial charge is 0.657 e. The SMILES string of the molecule is C1=Cc2nc1c(-c1c3c(cc4c1[C@H]1CC[C@@H]4C1)[C@@H]1CC[C@H]3C1)c1ccc([n-]1)c(-c1c3c(cc4c1[C@H]1CC[C@@H]4C1)[C@@H]1CC[C@H]3C1)c1nc(c(-c3c4c(cc5c3[C@H]3CC[C@@H]5C3)[C@@H]3CC[C@H]4C3)c3ccc([n-]3)c2-c2c3c(cc4c2[C@H]2CC[C@@H]4C2)[C@@H]2CC[C@H]3C2)C=C1.FP(F)F.[Ru+2]. The van der Waals surface area contributed by atoms with E-state index in [1.807, 2.05) is 0 Å². The Morgan fingerprint density at radius 2 is 0.419 bits per heavy atom. The van der Waals surface area contributed by atoms with Gasteiger partial charge in [-0.2, -0.15) is 12.6 Å². The van der Waals surface area contributed by atoms with E-state index < -0.39 is 8.85 Å². The van der Waals surface area contributed by atoms with Gasteiger partial charge in [0.05, 0.1) is 22.8 Å². The molecule has 25 rings (SSSR count). The van der Waals surface area contributed by atoms with Crippen LogP contribution in [0.1, 0.15) is 361 Å². The van der Waals surface area contributed by atoms with Gasteiger partial charge in [-0.25, -0.2) is 9.97 Å². The average molecular weight is 1330 g/mol. The van der Waals surface area contributed by atoms with Crippen LogP contribution in [0.25, 0.3) is 90.9 Å². The molecule has 24 bridgehead atoms. The van der Waals surface area contributed by atoms with Crippen molar-refractivity contribution in [3.8, 4) is 44.5 Å². The van der Waals surface area contributed by atoms with Crippen molar-refractivity contribution >= 4 is 55.2 Å². The third kappa shape index (κ3) is 7.09. The van der Waals surface area contributed by atoms with E-state index in [2.05, 4.69) is 72.8 Å². The maximum Gasteiger partial charge on any atom is 2.00 e. The molecule has 9 heteroatoms. The summed E-state index contributed by atoms with van der Waals surface area (Å²) in [6.07, 6.45) is 41.8. The van der Waals surface area contributed by atoms with Crippen molar-refractivity contribution in [2.75, 3.05) is 0 Å². The van der Waals surface area contributed by atoms with Crippen LogP contribution in [0.3, 0.4) is 0 Å². The van der Waals surface area contributed by atoms with E-state index in [1.54, 1.807) is 111 Å². The molecule has 4 aromatic carbocycles. The van der Waals surface area contributed by atoms with Gasteiger partial charge in [-0.3, -0.25) is 0 Å². The van der Waals surface area contributed by atoms with Crippen molar-refractivity contribution in [2.24, 2.45) is 0 Å². The average Bonchev–Trinajstić information content (AvgIpc) is 1.40. The molecule has 466 valence electrons. The molecule has 8 saturated carbocycles. The predicted octanol–water partition coefficient (Wildman–Crippen LogP) is 23.6. The van der Waals surface area contributed by atoms with Crippen LogP contribution in [0.15, 0.2) is 48.5 Å². The van der Waals surface area contributed by atoms with Crippen molar-refractivity contribution in [2.45, 2.75) is 249 Å². The van der Waals surface area contributed by atoms with E-state index >= 15 is 0 Å². The first-order valence-corrected chi connectivity index (χ1v) is 37.9. The van der Waals surface area contributed by atoms with Gasteiger partial charge in [-0.1, -0.05) is 48.5 Å². The van der Waals surface area contributed by atoms with E-state index in [0.29, 0.717) is 94.7 Å². The molecule has 16 aliphatic carbocycles. The number of hydrogen-bond donors (Lipinski definition) is 0. The molecule has 8 fully saturated rings. The number of fused-ring (bicyclic) bond motifs is 48. The Bertz CT molecular complexity index is 4120. The second kappa shape index (κ2) is 19.1.